The molecule has 2 rings (SSSR count). The van der Waals surface area contributed by atoms with Gasteiger partial charge in [0.1, 0.15) is 6.42 Å². The van der Waals surface area contributed by atoms with Crippen molar-refractivity contribution in [3.8, 4) is 6.07 Å². The van der Waals surface area contributed by atoms with Gasteiger partial charge in [0, 0.05) is 12.6 Å². The lowest BCUT2D eigenvalue weighted by molar-refractivity contribution is -0.139. The third-order valence-electron chi connectivity index (χ3n) is 4.25. The Morgan fingerprint density at radius 1 is 1.16 bits per heavy atom. The third kappa shape index (κ3) is 6.63. The maximum Gasteiger partial charge on any atom is 0.399 e. The average molecular weight is 505 g/mol. The summed E-state index contributed by atoms with van der Waals surface area (Å²) in [5.41, 5.74) is 2.69. The van der Waals surface area contributed by atoms with E-state index >= 15 is 0 Å². The molecule has 11 heteroatoms. The van der Waals surface area contributed by atoms with Gasteiger partial charge in [-0.2, -0.15) is 18.4 Å². The van der Waals surface area contributed by atoms with E-state index in [0.29, 0.717) is 5.56 Å². The molecule has 0 fully saturated rings. The van der Waals surface area contributed by atoms with Gasteiger partial charge in [-0.25, -0.2) is 0 Å². The summed E-state index contributed by atoms with van der Waals surface area (Å²) in [7, 11) is 1.29. The molecule has 0 radical (unpaired) electrons. The Labute approximate surface area is 196 Å². The van der Waals surface area contributed by atoms with Crippen molar-refractivity contribution < 1.29 is 22.8 Å². The SMILES string of the molecule is CN(NC(=O)c1ccc(C=CC(c2cc(Cl)c(Cl)c(Cl)c2)C(F)(F)F)cc1)C(=O)CC#N. The van der Waals surface area contributed by atoms with Crippen LogP contribution in [0.4, 0.5) is 13.2 Å². The van der Waals surface area contributed by atoms with E-state index in [0.717, 1.165) is 23.2 Å². The predicted octanol–water partition coefficient (Wildman–Crippen LogP) is 6.02. The summed E-state index contributed by atoms with van der Waals surface area (Å²) in [5.74, 6) is -3.20. The summed E-state index contributed by atoms with van der Waals surface area (Å²) in [6.45, 7) is 0. The summed E-state index contributed by atoms with van der Waals surface area (Å²) in [4.78, 5) is 23.7. The van der Waals surface area contributed by atoms with Crippen molar-refractivity contribution in [2.45, 2.75) is 18.5 Å². The molecule has 0 aliphatic carbocycles. The number of nitriles is 1. The molecule has 0 aliphatic heterocycles. The van der Waals surface area contributed by atoms with Gasteiger partial charge in [0.05, 0.1) is 27.1 Å². The minimum atomic E-state index is -4.61. The highest BCUT2D eigenvalue weighted by Crippen LogP contribution is 2.41. The molecule has 168 valence electrons. The first-order chi connectivity index (χ1) is 14.9. The summed E-state index contributed by atoms with van der Waals surface area (Å²) in [6.07, 6.45) is -2.82. The monoisotopic (exact) mass is 503 g/mol. The van der Waals surface area contributed by atoms with Gasteiger partial charge in [0.25, 0.3) is 11.8 Å². The van der Waals surface area contributed by atoms with Crippen LogP contribution in [-0.4, -0.2) is 30.0 Å². The Kier molecular flexibility index (Phi) is 8.56. The maximum absolute atomic E-state index is 13.6. The Morgan fingerprint density at radius 2 is 1.72 bits per heavy atom. The van der Waals surface area contributed by atoms with E-state index in [9.17, 15) is 22.8 Å². The molecule has 0 aromatic heterocycles. The zero-order valence-electron chi connectivity index (χ0n) is 16.4. The molecule has 5 nitrogen and oxygen atoms in total. The molecule has 1 N–H and O–H groups in total. The van der Waals surface area contributed by atoms with Gasteiger partial charge in [-0.3, -0.25) is 20.0 Å². The largest absolute Gasteiger partial charge is 0.399 e. The number of alkyl halides is 3. The normalized spacial score (nSPS) is 12.3. The number of rotatable bonds is 5. The van der Waals surface area contributed by atoms with E-state index in [4.69, 9.17) is 40.1 Å². The van der Waals surface area contributed by atoms with Crippen LogP contribution in [0.1, 0.15) is 33.8 Å². The second-order valence-corrected chi connectivity index (χ2v) is 7.72. The highest BCUT2D eigenvalue weighted by molar-refractivity contribution is 6.48. The van der Waals surface area contributed by atoms with E-state index < -0.39 is 30.3 Å². The topological polar surface area (TPSA) is 73.2 Å². The van der Waals surface area contributed by atoms with Crippen LogP contribution in [0, 0.1) is 11.3 Å². The highest BCUT2D eigenvalue weighted by atomic mass is 35.5. The number of amides is 2. The molecule has 0 saturated heterocycles. The van der Waals surface area contributed by atoms with Gasteiger partial charge in [-0.15, -0.1) is 0 Å². The first-order valence-electron chi connectivity index (χ1n) is 8.88. The number of hydrogen-bond donors (Lipinski definition) is 1. The van der Waals surface area contributed by atoms with E-state index in [1.807, 2.05) is 0 Å². The van der Waals surface area contributed by atoms with E-state index in [-0.39, 0.29) is 26.2 Å². The molecular formula is C21H15Cl3F3N3O2. The van der Waals surface area contributed by atoms with E-state index in [2.05, 4.69) is 5.43 Å². The van der Waals surface area contributed by atoms with Crippen LogP contribution in [0.2, 0.25) is 15.1 Å². The van der Waals surface area contributed by atoms with Crippen LogP contribution in [0.5, 0.6) is 0 Å². The number of halogens is 6. The smallest absolute Gasteiger partial charge is 0.272 e. The van der Waals surface area contributed by atoms with Gasteiger partial charge in [0.2, 0.25) is 0 Å². The lowest BCUT2D eigenvalue weighted by Crippen LogP contribution is -2.43. The van der Waals surface area contributed by atoms with Crippen molar-refractivity contribution in [2.75, 3.05) is 7.05 Å². The molecule has 0 saturated carbocycles. The Hall–Kier alpha value is -2.73. The van der Waals surface area contributed by atoms with Crippen molar-refractivity contribution in [1.29, 1.82) is 5.26 Å². The molecule has 0 heterocycles. The molecule has 0 aliphatic rings. The lowest BCUT2D eigenvalue weighted by Gasteiger charge is -2.18. The summed E-state index contributed by atoms with van der Waals surface area (Å²) >= 11 is 17.5. The zero-order chi connectivity index (χ0) is 24.1. The number of nitrogens with zero attached hydrogens (tertiary/aromatic N) is 2. The van der Waals surface area contributed by atoms with Gasteiger partial charge in [-0.1, -0.05) is 59.1 Å². The van der Waals surface area contributed by atoms with Crippen molar-refractivity contribution in [3.63, 3.8) is 0 Å². The molecule has 2 amide bonds. The van der Waals surface area contributed by atoms with Crippen molar-refractivity contribution in [1.82, 2.24) is 10.4 Å². The van der Waals surface area contributed by atoms with Gasteiger partial charge < -0.3 is 0 Å². The van der Waals surface area contributed by atoms with Gasteiger partial charge in [-0.05, 0) is 35.4 Å². The highest BCUT2D eigenvalue weighted by Gasteiger charge is 2.39. The second kappa shape index (κ2) is 10.7. The first kappa shape index (κ1) is 25.5. The summed E-state index contributed by atoms with van der Waals surface area (Å²) in [6, 6.07) is 9.54. The molecular weight excluding hydrogens is 490 g/mol. The van der Waals surface area contributed by atoms with Crippen molar-refractivity contribution >= 4 is 52.7 Å². The lowest BCUT2D eigenvalue weighted by atomic mass is 9.97. The summed E-state index contributed by atoms with van der Waals surface area (Å²) < 4.78 is 40.8. The van der Waals surface area contributed by atoms with E-state index in [1.54, 1.807) is 6.07 Å². The second-order valence-electron chi connectivity index (χ2n) is 6.53. The minimum Gasteiger partial charge on any atom is -0.272 e. The third-order valence-corrected chi connectivity index (χ3v) is 5.44. The van der Waals surface area contributed by atoms with Gasteiger partial charge in [0.15, 0.2) is 0 Å². The van der Waals surface area contributed by atoms with Crippen LogP contribution < -0.4 is 5.43 Å². The number of hydrogen-bond acceptors (Lipinski definition) is 3. The standard InChI is InChI=1S/C21H15Cl3F3N3O2/c1-30(18(31)8-9-28)29-20(32)13-5-2-12(3-6-13)4-7-15(21(25,26)27)14-10-16(22)19(24)17(23)11-14/h2-7,10-11,15H,8H2,1H3,(H,29,32). The summed E-state index contributed by atoms with van der Waals surface area (Å²) in [5, 5.41) is 9.18. The predicted molar refractivity (Wildman–Crippen MR) is 116 cm³/mol. The van der Waals surface area contributed by atoms with E-state index in [1.165, 1.54) is 37.4 Å². The number of allylic oxidation sites excluding steroid dienone is 1. The molecule has 1 atom stereocenters. The Bertz CT molecular complexity index is 1060. The molecule has 2 aromatic carbocycles. The minimum absolute atomic E-state index is 0.0316. The van der Waals surface area contributed by atoms with Crippen LogP contribution in [0.15, 0.2) is 42.5 Å². The van der Waals surface area contributed by atoms with Crippen LogP contribution >= 0.6 is 34.8 Å². The quantitative estimate of drug-likeness (QED) is 0.399. The van der Waals surface area contributed by atoms with Crippen LogP contribution in [0.3, 0.4) is 0 Å². The van der Waals surface area contributed by atoms with Gasteiger partial charge >= 0.3 is 6.18 Å². The molecule has 1 unspecified atom stereocenters. The van der Waals surface area contributed by atoms with Crippen molar-refractivity contribution in [2.24, 2.45) is 0 Å². The molecule has 32 heavy (non-hydrogen) atoms. The number of hydrazine groups is 1. The maximum atomic E-state index is 13.6. The fourth-order valence-electron chi connectivity index (χ4n) is 2.58. The Balaban J connectivity index is 2.20. The first-order valence-corrected chi connectivity index (χ1v) is 10.0. The molecule has 0 spiro atoms. The fraction of sp³-hybridized carbons (Fsp3) is 0.190. The zero-order valence-corrected chi connectivity index (χ0v) is 18.6. The van der Waals surface area contributed by atoms with Crippen LogP contribution in [-0.2, 0) is 4.79 Å². The average Bonchev–Trinajstić information content (AvgIpc) is 2.71. The molecule has 2 aromatic rings. The van der Waals surface area contributed by atoms with Crippen LogP contribution in [0.25, 0.3) is 6.08 Å². The fourth-order valence-corrected chi connectivity index (χ4v) is 3.20. The number of nitrogens with one attached hydrogen (secondary N) is 1. The molecule has 0 bridgehead atoms. The number of benzene rings is 2. The Morgan fingerprint density at radius 3 is 2.22 bits per heavy atom. The number of carbonyl (C=O) groups excluding carboxylic acids is 2. The van der Waals surface area contributed by atoms with Crippen molar-refractivity contribution in [3.05, 3.63) is 74.2 Å². The number of carbonyl (C=O) groups is 2.